The number of allylic oxidation sites excluding steroid dienone is 2. The second-order valence-corrected chi connectivity index (χ2v) is 5.92. The fourth-order valence-electron chi connectivity index (χ4n) is 3.09. The van der Waals surface area contributed by atoms with Crippen molar-refractivity contribution in [2.75, 3.05) is 6.61 Å². The minimum atomic E-state index is -0.502. The Morgan fingerprint density at radius 3 is 2.78 bits per heavy atom. The van der Waals surface area contributed by atoms with Gasteiger partial charge in [-0.05, 0) is 30.4 Å². The number of ketones is 1. The first-order chi connectivity index (χ1) is 8.40. The second-order valence-electron chi connectivity index (χ2n) is 5.92. The lowest BCUT2D eigenvalue weighted by Crippen LogP contribution is -2.40. The van der Waals surface area contributed by atoms with Crippen LogP contribution >= 0.6 is 0 Å². The van der Waals surface area contributed by atoms with E-state index < -0.39 is 6.10 Å². The smallest absolute Gasteiger partial charge is 0.181 e. The summed E-state index contributed by atoms with van der Waals surface area (Å²) in [6, 6.07) is 0. The first-order valence-corrected chi connectivity index (χ1v) is 6.68. The van der Waals surface area contributed by atoms with E-state index in [4.69, 9.17) is 0 Å². The predicted molar refractivity (Wildman–Crippen MR) is 69.9 cm³/mol. The Balaban J connectivity index is 2.45. The highest BCUT2D eigenvalue weighted by molar-refractivity contribution is 6.06. The number of rotatable bonds is 2. The number of aliphatic hydroxyl groups is 2. The molecule has 0 aromatic carbocycles. The molecule has 100 valence electrons. The molecule has 2 aliphatic carbocycles. The van der Waals surface area contributed by atoms with Crippen LogP contribution in [0.1, 0.15) is 33.6 Å². The Labute approximate surface area is 108 Å². The summed E-state index contributed by atoms with van der Waals surface area (Å²) in [5.74, 6) is 0.205. The van der Waals surface area contributed by atoms with E-state index in [1.165, 1.54) is 0 Å². The minimum Gasteiger partial charge on any atom is -0.396 e. The van der Waals surface area contributed by atoms with E-state index in [0.29, 0.717) is 11.5 Å². The predicted octanol–water partition coefficient (Wildman–Crippen LogP) is 1.85. The van der Waals surface area contributed by atoms with Crippen LogP contribution < -0.4 is 0 Å². The first-order valence-electron chi connectivity index (χ1n) is 6.68. The van der Waals surface area contributed by atoms with Crippen LogP contribution in [-0.4, -0.2) is 28.7 Å². The molecule has 0 aromatic rings. The highest BCUT2D eigenvalue weighted by Crippen LogP contribution is 2.49. The van der Waals surface area contributed by atoms with Gasteiger partial charge in [0.15, 0.2) is 5.78 Å². The fourth-order valence-corrected chi connectivity index (χ4v) is 3.09. The molecule has 0 amide bonds. The quantitative estimate of drug-likeness (QED) is 0.786. The number of hydrogen-bond donors (Lipinski definition) is 2. The SMILES string of the molecule is CC(CO)C1=CC2(C)C(=CC1=O)C(O)CCC2C. The highest BCUT2D eigenvalue weighted by Gasteiger charge is 2.43. The lowest BCUT2D eigenvalue weighted by atomic mass is 9.60. The van der Waals surface area contributed by atoms with Crippen LogP contribution in [0.5, 0.6) is 0 Å². The van der Waals surface area contributed by atoms with Gasteiger partial charge in [0.1, 0.15) is 0 Å². The van der Waals surface area contributed by atoms with Crippen molar-refractivity contribution in [2.45, 2.75) is 39.7 Å². The molecule has 2 N–H and O–H groups in total. The van der Waals surface area contributed by atoms with E-state index in [2.05, 4.69) is 13.8 Å². The molecule has 2 aliphatic rings. The Kier molecular flexibility index (Phi) is 3.47. The van der Waals surface area contributed by atoms with Crippen molar-refractivity contribution in [1.29, 1.82) is 0 Å². The topological polar surface area (TPSA) is 57.5 Å². The van der Waals surface area contributed by atoms with Gasteiger partial charge < -0.3 is 10.2 Å². The molecule has 0 spiro atoms. The molecule has 0 radical (unpaired) electrons. The van der Waals surface area contributed by atoms with Crippen LogP contribution in [0.2, 0.25) is 0 Å². The van der Waals surface area contributed by atoms with Gasteiger partial charge in [0, 0.05) is 23.5 Å². The summed E-state index contributed by atoms with van der Waals surface area (Å²) < 4.78 is 0. The molecule has 0 heterocycles. The number of fused-ring (bicyclic) bond motifs is 1. The summed E-state index contributed by atoms with van der Waals surface area (Å²) in [4.78, 5) is 12.1. The van der Waals surface area contributed by atoms with E-state index in [0.717, 1.165) is 18.4 Å². The molecule has 1 fully saturated rings. The fraction of sp³-hybridized carbons (Fsp3) is 0.667. The largest absolute Gasteiger partial charge is 0.396 e. The number of aliphatic hydroxyl groups excluding tert-OH is 2. The minimum absolute atomic E-state index is 0.0201. The van der Waals surface area contributed by atoms with Gasteiger partial charge in [-0.2, -0.15) is 0 Å². The van der Waals surface area contributed by atoms with Gasteiger partial charge in [-0.1, -0.05) is 26.8 Å². The maximum atomic E-state index is 12.1. The molecule has 0 aromatic heterocycles. The third-order valence-electron chi connectivity index (χ3n) is 4.71. The number of carbonyl (C=O) groups is 1. The van der Waals surface area contributed by atoms with Crippen LogP contribution in [-0.2, 0) is 4.79 Å². The van der Waals surface area contributed by atoms with Gasteiger partial charge in [0.25, 0.3) is 0 Å². The Bertz CT molecular complexity index is 421. The Morgan fingerprint density at radius 2 is 2.17 bits per heavy atom. The number of hydrogen-bond acceptors (Lipinski definition) is 3. The van der Waals surface area contributed by atoms with Gasteiger partial charge in [0.2, 0.25) is 0 Å². The van der Waals surface area contributed by atoms with Gasteiger partial charge in [-0.3, -0.25) is 4.79 Å². The van der Waals surface area contributed by atoms with E-state index in [-0.39, 0.29) is 23.7 Å². The number of carbonyl (C=O) groups excluding carboxylic acids is 1. The van der Waals surface area contributed by atoms with Gasteiger partial charge in [0.05, 0.1) is 6.10 Å². The molecule has 4 atom stereocenters. The van der Waals surface area contributed by atoms with Crippen molar-refractivity contribution in [1.82, 2.24) is 0 Å². The summed E-state index contributed by atoms with van der Waals surface area (Å²) in [6.45, 7) is 6.08. The molecule has 4 unspecified atom stereocenters. The third-order valence-corrected chi connectivity index (χ3v) is 4.71. The summed E-state index contributed by atoms with van der Waals surface area (Å²) in [7, 11) is 0. The molecule has 1 saturated carbocycles. The van der Waals surface area contributed by atoms with E-state index >= 15 is 0 Å². The zero-order valence-corrected chi connectivity index (χ0v) is 11.3. The molecule has 3 heteroatoms. The average molecular weight is 250 g/mol. The summed E-state index contributed by atoms with van der Waals surface area (Å²) in [5.41, 5.74) is 1.29. The lowest BCUT2D eigenvalue weighted by Gasteiger charge is -2.45. The van der Waals surface area contributed by atoms with Crippen LogP contribution in [0.15, 0.2) is 23.3 Å². The summed E-state index contributed by atoms with van der Waals surface area (Å²) in [5, 5.41) is 19.3. The van der Waals surface area contributed by atoms with Crippen LogP contribution in [0.4, 0.5) is 0 Å². The lowest BCUT2D eigenvalue weighted by molar-refractivity contribution is -0.112. The molecular formula is C15H22O3. The van der Waals surface area contributed by atoms with Crippen LogP contribution in [0.25, 0.3) is 0 Å². The van der Waals surface area contributed by atoms with E-state index in [1.54, 1.807) is 6.08 Å². The Morgan fingerprint density at radius 1 is 1.50 bits per heavy atom. The van der Waals surface area contributed by atoms with Crippen molar-refractivity contribution in [2.24, 2.45) is 17.3 Å². The van der Waals surface area contributed by atoms with Crippen LogP contribution in [0.3, 0.4) is 0 Å². The third kappa shape index (κ3) is 1.95. The maximum absolute atomic E-state index is 12.1. The second kappa shape index (κ2) is 4.63. The van der Waals surface area contributed by atoms with Crippen molar-refractivity contribution < 1.29 is 15.0 Å². The Hall–Kier alpha value is -0.930. The average Bonchev–Trinajstić information content (AvgIpc) is 2.35. The van der Waals surface area contributed by atoms with Gasteiger partial charge in [-0.15, -0.1) is 0 Å². The zero-order chi connectivity index (χ0) is 13.5. The van der Waals surface area contributed by atoms with Gasteiger partial charge in [-0.25, -0.2) is 0 Å². The molecule has 0 bridgehead atoms. The summed E-state index contributed by atoms with van der Waals surface area (Å²) >= 11 is 0. The van der Waals surface area contributed by atoms with E-state index in [9.17, 15) is 15.0 Å². The molecule has 0 aliphatic heterocycles. The van der Waals surface area contributed by atoms with Crippen molar-refractivity contribution >= 4 is 5.78 Å². The van der Waals surface area contributed by atoms with Crippen LogP contribution in [0, 0.1) is 17.3 Å². The summed E-state index contributed by atoms with van der Waals surface area (Å²) in [6.07, 6.45) is 4.77. The highest BCUT2D eigenvalue weighted by atomic mass is 16.3. The van der Waals surface area contributed by atoms with Crippen molar-refractivity contribution in [3.63, 3.8) is 0 Å². The molecule has 3 nitrogen and oxygen atoms in total. The molecular weight excluding hydrogens is 228 g/mol. The molecule has 0 saturated heterocycles. The maximum Gasteiger partial charge on any atom is 0.181 e. The van der Waals surface area contributed by atoms with Gasteiger partial charge >= 0.3 is 0 Å². The van der Waals surface area contributed by atoms with Crippen molar-refractivity contribution in [3.8, 4) is 0 Å². The van der Waals surface area contributed by atoms with E-state index in [1.807, 2.05) is 13.0 Å². The van der Waals surface area contributed by atoms with Crippen molar-refractivity contribution in [3.05, 3.63) is 23.3 Å². The molecule has 2 rings (SSSR count). The monoisotopic (exact) mass is 250 g/mol. The zero-order valence-electron chi connectivity index (χ0n) is 11.3. The first kappa shape index (κ1) is 13.5. The molecule has 18 heavy (non-hydrogen) atoms. The standard InChI is InChI=1S/C15H22O3/c1-9(8-16)11-7-15(3)10(2)4-5-13(17)12(15)6-14(11)18/h6-7,9-10,13,16-17H,4-5,8H2,1-3H3. The normalized spacial score (nSPS) is 37.7.